The first-order valence-corrected chi connectivity index (χ1v) is 7.02. The van der Waals surface area contributed by atoms with E-state index in [1.807, 2.05) is 48.7 Å². The summed E-state index contributed by atoms with van der Waals surface area (Å²) in [7, 11) is 0. The maximum Gasteiger partial charge on any atom is 0.0732 e. The standard InChI is InChI=1S/C17H12ClN3/c18-12-6-8-17-13(9-12)14(10-21(17)19)16-7-5-11-3-1-2-4-15(11)20-16/h1-10H,19H2. The first kappa shape index (κ1) is 12.2. The van der Waals surface area contributed by atoms with Crippen LogP contribution in [0.3, 0.4) is 0 Å². The van der Waals surface area contributed by atoms with Crippen molar-refractivity contribution in [1.82, 2.24) is 9.66 Å². The number of para-hydroxylation sites is 1. The van der Waals surface area contributed by atoms with Crippen molar-refractivity contribution in [2.45, 2.75) is 0 Å². The van der Waals surface area contributed by atoms with Crippen LogP contribution < -0.4 is 5.84 Å². The third-order valence-corrected chi connectivity index (χ3v) is 3.90. The molecule has 0 aliphatic rings. The van der Waals surface area contributed by atoms with Crippen molar-refractivity contribution in [3.8, 4) is 11.3 Å². The number of nitrogens with two attached hydrogens (primary N) is 1. The van der Waals surface area contributed by atoms with Crippen LogP contribution in [0.2, 0.25) is 5.02 Å². The lowest BCUT2D eigenvalue weighted by Crippen LogP contribution is -2.04. The van der Waals surface area contributed by atoms with Gasteiger partial charge >= 0.3 is 0 Å². The van der Waals surface area contributed by atoms with Gasteiger partial charge in [-0.05, 0) is 30.3 Å². The lowest BCUT2D eigenvalue weighted by molar-refractivity contribution is 1.07. The molecule has 102 valence electrons. The van der Waals surface area contributed by atoms with E-state index in [-0.39, 0.29) is 0 Å². The Balaban J connectivity index is 2.01. The predicted octanol–water partition coefficient (Wildman–Crippen LogP) is 4.22. The average molecular weight is 294 g/mol. The van der Waals surface area contributed by atoms with Crippen LogP contribution in [0.25, 0.3) is 33.1 Å². The number of fused-ring (bicyclic) bond motifs is 2. The van der Waals surface area contributed by atoms with E-state index in [1.54, 1.807) is 4.68 Å². The topological polar surface area (TPSA) is 43.8 Å². The number of hydrogen-bond donors (Lipinski definition) is 1. The van der Waals surface area contributed by atoms with Crippen LogP contribution in [0.15, 0.2) is 60.8 Å². The summed E-state index contributed by atoms with van der Waals surface area (Å²) in [6.07, 6.45) is 1.89. The summed E-state index contributed by atoms with van der Waals surface area (Å²) in [6.45, 7) is 0. The molecule has 0 spiro atoms. The number of nitrogens with zero attached hydrogens (tertiary/aromatic N) is 2. The summed E-state index contributed by atoms with van der Waals surface area (Å²) < 4.78 is 1.61. The van der Waals surface area contributed by atoms with Gasteiger partial charge in [0, 0.05) is 27.6 Å². The second kappa shape index (κ2) is 4.50. The minimum Gasteiger partial charge on any atom is -0.339 e. The Morgan fingerprint density at radius 1 is 1.00 bits per heavy atom. The number of benzene rings is 2. The Labute approximate surface area is 126 Å². The fourth-order valence-electron chi connectivity index (χ4n) is 2.65. The van der Waals surface area contributed by atoms with E-state index < -0.39 is 0 Å². The molecule has 0 fully saturated rings. The van der Waals surface area contributed by atoms with Gasteiger partial charge in [0.15, 0.2) is 0 Å². The van der Waals surface area contributed by atoms with Gasteiger partial charge in [0.2, 0.25) is 0 Å². The van der Waals surface area contributed by atoms with Crippen LogP contribution in [0, 0.1) is 0 Å². The van der Waals surface area contributed by atoms with Gasteiger partial charge in [-0.15, -0.1) is 0 Å². The first-order chi connectivity index (χ1) is 10.2. The zero-order valence-corrected chi connectivity index (χ0v) is 11.9. The maximum atomic E-state index is 6.11. The molecule has 0 radical (unpaired) electrons. The van der Waals surface area contributed by atoms with Crippen molar-refractivity contribution in [1.29, 1.82) is 0 Å². The molecule has 4 aromatic rings. The van der Waals surface area contributed by atoms with Gasteiger partial charge in [-0.1, -0.05) is 35.9 Å². The zero-order chi connectivity index (χ0) is 14.4. The van der Waals surface area contributed by atoms with Crippen molar-refractivity contribution in [3.05, 3.63) is 65.8 Å². The van der Waals surface area contributed by atoms with Gasteiger partial charge in [-0.2, -0.15) is 0 Å². The van der Waals surface area contributed by atoms with Crippen molar-refractivity contribution >= 4 is 33.4 Å². The number of pyridine rings is 1. The van der Waals surface area contributed by atoms with E-state index in [4.69, 9.17) is 22.4 Å². The molecule has 2 aromatic carbocycles. The van der Waals surface area contributed by atoms with E-state index in [0.29, 0.717) is 5.02 Å². The SMILES string of the molecule is Nn1cc(-c2ccc3ccccc3n2)c2cc(Cl)ccc21. The summed E-state index contributed by atoms with van der Waals surface area (Å²) in [6, 6.07) is 17.8. The third kappa shape index (κ3) is 1.94. The second-order valence-electron chi connectivity index (χ2n) is 5.00. The van der Waals surface area contributed by atoms with Crippen LogP contribution in [0.1, 0.15) is 0 Å². The molecule has 0 saturated heterocycles. The normalized spacial score (nSPS) is 11.3. The second-order valence-corrected chi connectivity index (χ2v) is 5.44. The fourth-order valence-corrected chi connectivity index (χ4v) is 2.82. The quantitative estimate of drug-likeness (QED) is 0.534. The molecule has 2 heterocycles. The Bertz CT molecular complexity index is 972. The van der Waals surface area contributed by atoms with Gasteiger partial charge in [-0.3, -0.25) is 4.68 Å². The van der Waals surface area contributed by atoms with Crippen molar-refractivity contribution in [3.63, 3.8) is 0 Å². The number of rotatable bonds is 1. The highest BCUT2D eigenvalue weighted by atomic mass is 35.5. The summed E-state index contributed by atoms with van der Waals surface area (Å²) >= 11 is 6.11. The lowest BCUT2D eigenvalue weighted by atomic mass is 10.1. The highest BCUT2D eigenvalue weighted by molar-refractivity contribution is 6.31. The van der Waals surface area contributed by atoms with Gasteiger partial charge in [0.05, 0.1) is 16.7 Å². The number of hydrogen-bond acceptors (Lipinski definition) is 2. The highest BCUT2D eigenvalue weighted by Gasteiger charge is 2.11. The molecule has 3 nitrogen and oxygen atoms in total. The van der Waals surface area contributed by atoms with E-state index in [1.165, 1.54) is 0 Å². The van der Waals surface area contributed by atoms with E-state index in [2.05, 4.69) is 12.1 Å². The van der Waals surface area contributed by atoms with Crippen molar-refractivity contribution in [2.75, 3.05) is 5.84 Å². The summed E-state index contributed by atoms with van der Waals surface area (Å²) in [5.41, 5.74) is 3.78. The lowest BCUT2D eigenvalue weighted by Gasteiger charge is -2.02. The molecule has 21 heavy (non-hydrogen) atoms. The molecule has 4 heteroatoms. The molecular formula is C17H12ClN3. The minimum absolute atomic E-state index is 0.690. The number of halogens is 1. The Hall–Kier alpha value is -2.52. The minimum atomic E-state index is 0.690. The average Bonchev–Trinajstić information content (AvgIpc) is 2.83. The molecule has 0 aliphatic heterocycles. The van der Waals surface area contributed by atoms with Gasteiger partial charge < -0.3 is 5.84 Å². The largest absolute Gasteiger partial charge is 0.339 e. The Kier molecular flexibility index (Phi) is 2.62. The maximum absolute atomic E-state index is 6.11. The predicted molar refractivity (Wildman–Crippen MR) is 87.8 cm³/mol. The molecule has 2 aromatic heterocycles. The van der Waals surface area contributed by atoms with Crippen LogP contribution in [-0.4, -0.2) is 9.66 Å². The zero-order valence-electron chi connectivity index (χ0n) is 11.1. The molecule has 4 rings (SSSR count). The summed E-state index contributed by atoms with van der Waals surface area (Å²) in [4.78, 5) is 4.73. The fraction of sp³-hybridized carbons (Fsp3) is 0. The molecule has 0 atom stereocenters. The van der Waals surface area contributed by atoms with Crippen LogP contribution in [0.5, 0.6) is 0 Å². The number of nitrogen functional groups attached to an aromatic ring is 1. The smallest absolute Gasteiger partial charge is 0.0732 e. The van der Waals surface area contributed by atoms with Crippen LogP contribution in [-0.2, 0) is 0 Å². The van der Waals surface area contributed by atoms with Crippen molar-refractivity contribution in [2.24, 2.45) is 0 Å². The highest BCUT2D eigenvalue weighted by Crippen LogP contribution is 2.31. The molecule has 0 amide bonds. The van der Waals surface area contributed by atoms with Gasteiger partial charge in [0.25, 0.3) is 0 Å². The first-order valence-electron chi connectivity index (χ1n) is 6.64. The molecule has 0 saturated carbocycles. The number of aromatic nitrogens is 2. The van der Waals surface area contributed by atoms with E-state index in [0.717, 1.165) is 33.1 Å². The molecule has 0 aliphatic carbocycles. The van der Waals surface area contributed by atoms with E-state index >= 15 is 0 Å². The van der Waals surface area contributed by atoms with Crippen molar-refractivity contribution < 1.29 is 0 Å². The van der Waals surface area contributed by atoms with E-state index in [9.17, 15) is 0 Å². The Morgan fingerprint density at radius 3 is 2.76 bits per heavy atom. The molecular weight excluding hydrogens is 282 g/mol. The van der Waals surface area contributed by atoms with Gasteiger partial charge in [-0.25, -0.2) is 4.98 Å². The summed E-state index contributed by atoms with van der Waals surface area (Å²) in [5.74, 6) is 6.02. The van der Waals surface area contributed by atoms with Crippen LogP contribution >= 0.6 is 11.6 Å². The molecule has 0 unspecified atom stereocenters. The van der Waals surface area contributed by atoms with Gasteiger partial charge in [0.1, 0.15) is 0 Å². The molecule has 2 N–H and O–H groups in total. The Morgan fingerprint density at radius 2 is 1.86 bits per heavy atom. The van der Waals surface area contributed by atoms with Crippen LogP contribution in [0.4, 0.5) is 0 Å². The monoisotopic (exact) mass is 293 g/mol. The molecule has 0 bridgehead atoms. The third-order valence-electron chi connectivity index (χ3n) is 3.67. The summed E-state index contributed by atoms with van der Waals surface area (Å²) in [5, 5.41) is 2.82.